The van der Waals surface area contributed by atoms with Crippen molar-refractivity contribution in [3.8, 4) is 0 Å². The third-order valence-corrected chi connectivity index (χ3v) is 6.66. The van der Waals surface area contributed by atoms with Crippen molar-refractivity contribution in [1.82, 2.24) is 8.96 Å². The van der Waals surface area contributed by atoms with E-state index in [1.165, 1.54) is 0 Å². The summed E-state index contributed by atoms with van der Waals surface area (Å²) in [5.41, 5.74) is 5.59. The van der Waals surface area contributed by atoms with Gasteiger partial charge in [0, 0.05) is 35.0 Å². The van der Waals surface area contributed by atoms with Crippen molar-refractivity contribution >= 4 is 27.7 Å². The number of carbonyl (C=O) groups is 1. The third-order valence-electron chi connectivity index (χ3n) is 5.01. The minimum Gasteiger partial charge on any atom is -0.294 e. The van der Waals surface area contributed by atoms with E-state index in [4.69, 9.17) is 0 Å². The Kier molecular flexibility index (Phi) is 4.07. The molecule has 1 saturated carbocycles. The van der Waals surface area contributed by atoms with Crippen molar-refractivity contribution in [3.63, 3.8) is 0 Å². The maximum atomic E-state index is 13.5. The number of pyridine rings is 1. The molecule has 2 aromatic heterocycles. The zero-order valence-corrected chi connectivity index (χ0v) is 16.3. The summed E-state index contributed by atoms with van der Waals surface area (Å²) >= 11 is 0. The van der Waals surface area contributed by atoms with Crippen LogP contribution in [0, 0.1) is 20.8 Å². The van der Waals surface area contributed by atoms with Crippen LogP contribution in [-0.2, 0) is 11.0 Å². The molecule has 0 N–H and O–H groups in total. The predicted octanol–water partition coefficient (Wildman–Crippen LogP) is 4.61. The van der Waals surface area contributed by atoms with E-state index in [1.807, 2.05) is 26.8 Å². The van der Waals surface area contributed by atoms with Gasteiger partial charge in [0.2, 0.25) is 0 Å². The average molecular weight is 366 g/mol. The van der Waals surface area contributed by atoms with E-state index in [0.29, 0.717) is 11.5 Å². The number of fused-ring (bicyclic) bond motifs is 1. The van der Waals surface area contributed by atoms with Gasteiger partial charge in [-0.25, -0.2) is 4.21 Å². The quantitative estimate of drug-likeness (QED) is 0.634. The Balaban J connectivity index is 1.94. The molecular weight excluding hydrogens is 344 g/mol. The second-order valence-corrected chi connectivity index (χ2v) is 8.60. The summed E-state index contributed by atoms with van der Waals surface area (Å²) in [5.74, 6) is 0.462. The molecule has 3 aromatic rings. The first kappa shape index (κ1) is 17.2. The summed E-state index contributed by atoms with van der Waals surface area (Å²) in [6, 6.07) is 6.11. The Morgan fingerprint density at radius 3 is 2.38 bits per heavy atom. The standard InChI is InChI=1S/C21H22N2O2S/c1-12-7-13(2)21(14(3)8-12)26(25)23-11-18(15(4)24)17-10-22-19(9-20(17)23)16-5-6-16/h7-11,16H,5-6H2,1-4H3. The number of carbonyl (C=O) groups excluding carboxylic acids is 1. The van der Waals surface area contributed by atoms with Gasteiger partial charge in [0.1, 0.15) is 0 Å². The summed E-state index contributed by atoms with van der Waals surface area (Å²) in [4.78, 5) is 17.5. The largest absolute Gasteiger partial charge is 0.294 e. The number of Topliss-reactive ketones (excluding diaryl/α,β-unsaturated/α-hetero) is 1. The zero-order chi connectivity index (χ0) is 18.6. The van der Waals surface area contributed by atoms with Gasteiger partial charge in [0.25, 0.3) is 0 Å². The van der Waals surface area contributed by atoms with Crippen LogP contribution < -0.4 is 0 Å². The summed E-state index contributed by atoms with van der Waals surface area (Å²) in [7, 11) is -1.41. The normalized spacial score (nSPS) is 15.4. The minimum atomic E-state index is -1.41. The molecule has 5 heteroatoms. The van der Waals surface area contributed by atoms with Crippen LogP contribution in [0.25, 0.3) is 10.9 Å². The highest BCUT2D eigenvalue weighted by molar-refractivity contribution is 7.83. The number of hydrogen-bond acceptors (Lipinski definition) is 3. The van der Waals surface area contributed by atoms with Crippen molar-refractivity contribution in [2.24, 2.45) is 0 Å². The van der Waals surface area contributed by atoms with Gasteiger partial charge in [-0.1, -0.05) is 17.7 Å². The Bertz CT molecular complexity index is 1050. The molecule has 2 heterocycles. The maximum absolute atomic E-state index is 13.5. The number of nitrogens with zero attached hydrogens (tertiary/aromatic N) is 2. The number of aryl methyl sites for hydroxylation is 3. The molecule has 0 amide bonds. The molecule has 0 bridgehead atoms. The lowest BCUT2D eigenvalue weighted by Crippen LogP contribution is -2.08. The Morgan fingerprint density at radius 1 is 1.15 bits per heavy atom. The molecule has 0 spiro atoms. The lowest BCUT2D eigenvalue weighted by Gasteiger charge is -2.12. The van der Waals surface area contributed by atoms with Gasteiger partial charge in [-0.2, -0.15) is 0 Å². The van der Waals surface area contributed by atoms with E-state index in [9.17, 15) is 9.00 Å². The molecule has 134 valence electrons. The minimum absolute atomic E-state index is 0.0379. The number of hydrogen-bond donors (Lipinski definition) is 0. The number of aromatic nitrogens is 2. The smallest absolute Gasteiger partial charge is 0.162 e. The van der Waals surface area contributed by atoms with Crippen molar-refractivity contribution in [3.05, 3.63) is 58.5 Å². The third kappa shape index (κ3) is 2.80. The van der Waals surface area contributed by atoms with Crippen LogP contribution >= 0.6 is 0 Å². The zero-order valence-electron chi connectivity index (χ0n) is 15.5. The maximum Gasteiger partial charge on any atom is 0.162 e. The van der Waals surface area contributed by atoms with Crippen LogP contribution in [0.3, 0.4) is 0 Å². The summed E-state index contributed by atoms with van der Waals surface area (Å²) in [5, 5.41) is 0.776. The molecule has 1 aromatic carbocycles. The van der Waals surface area contributed by atoms with Crippen LogP contribution in [0.15, 0.2) is 35.5 Å². The van der Waals surface area contributed by atoms with E-state index in [-0.39, 0.29) is 5.78 Å². The number of rotatable bonds is 4. The Morgan fingerprint density at radius 2 is 1.81 bits per heavy atom. The van der Waals surface area contributed by atoms with Gasteiger partial charge < -0.3 is 0 Å². The van der Waals surface area contributed by atoms with Crippen LogP contribution in [0.2, 0.25) is 0 Å². The van der Waals surface area contributed by atoms with Gasteiger partial charge in [-0.3, -0.25) is 13.8 Å². The highest BCUT2D eigenvalue weighted by Gasteiger charge is 2.27. The van der Waals surface area contributed by atoms with Gasteiger partial charge in [-0.05, 0) is 57.7 Å². The average Bonchev–Trinajstić information content (AvgIpc) is 3.33. The van der Waals surface area contributed by atoms with Crippen molar-refractivity contribution in [2.75, 3.05) is 0 Å². The van der Waals surface area contributed by atoms with Gasteiger partial charge >= 0.3 is 0 Å². The molecule has 4 rings (SSSR count). The molecular formula is C21H22N2O2S. The van der Waals surface area contributed by atoms with Crippen molar-refractivity contribution < 1.29 is 9.00 Å². The van der Waals surface area contributed by atoms with Crippen LogP contribution in [-0.4, -0.2) is 18.9 Å². The Labute approximate surface area is 155 Å². The van der Waals surface area contributed by atoms with Crippen molar-refractivity contribution in [2.45, 2.75) is 51.3 Å². The molecule has 1 unspecified atom stereocenters. The molecule has 1 atom stereocenters. The topological polar surface area (TPSA) is 52.0 Å². The van der Waals surface area contributed by atoms with Gasteiger partial charge in [0.15, 0.2) is 16.8 Å². The molecule has 4 nitrogen and oxygen atoms in total. The van der Waals surface area contributed by atoms with E-state index < -0.39 is 11.0 Å². The lowest BCUT2D eigenvalue weighted by molar-refractivity contribution is 0.101. The first-order chi connectivity index (χ1) is 12.4. The first-order valence-corrected chi connectivity index (χ1v) is 9.99. The van der Waals surface area contributed by atoms with E-state index >= 15 is 0 Å². The SMILES string of the molecule is CC(=O)c1cn(S(=O)c2c(C)cc(C)cc2C)c2cc(C3CC3)ncc12. The molecule has 26 heavy (non-hydrogen) atoms. The summed E-state index contributed by atoms with van der Waals surface area (Å²) in [6.45, 7) is 7.56. The lowest BCUT2D eigenvalue weighted by atomic mass is 10.1. The molecule has 1 aliphatic carbocycles. The molecule has 1 fully saturated rings. The number of benzene rings is 1. The molecule has 0 aliphatic heterocycles. The molecule has 0 radical (unpaired) electrons. The fraction of sp³-hybridized carbons (Fsp3) is 0.333. The Hall–Kier alpha value is -2.27. The molecule has 0 saturated heterocycles. The number of ketones is 1. The highest BCUT2D eigenvalue weighted by Crippen LogP contribution is 2.40. The summed E-state index contributed by atoms with van der Waals surface area (Å²) < 4.78 is 15.2. The van der Waals surface area contributed by atoms with Gasteiger partial charge in [0.05, 0.1) is 10.4 Å². The fourth-order valence-electron chi connectivity index (χ4n) is 3.67. The van der Waals surface area contributed by atoms with Gasteiger partial charge in [-0.15, -0.1) is 0 Å². The van der Waals surface area contributed by atoms with Crippen LogP contribution in [0.4, 0.5) is 0 Å². The van der Waals surface area contributed by atoms with E-state index in [1.54, 1.807) is 23.3 Å². The van der Waals surface area contributed by atoms with Crippen LogP contribution in [0.5, 0.6) is 0 Å². The van der Waals surface area contributed by atoms with E-state index in [2.05, 4.69) is 17.1 Å². The second-order valence-electron chi connectivity index (χ2n) is 7.30. The predicted molar refractivity (Wildman–Crippen MR) is 104 cm³/mol. The van der Waals surface area contributed by atoms with Crippen molar-refractivity contribution in [1.29, 1.82) is 0 Å². The fourth-order valence-corrected chi connectivity index (χ4v) is 5.06. The summed E-state index contributed by atoms with van der Waals surface area (Å²) in [6.07, 6.45) is 5.79. The van der Waals surface area contributed by atoms with Crippen LogP contribution in [0.1, 0.15) is 58.4 Å². The first-order valence-electron chi connectivity index (χ1n) is 8.89. The second kappa shape index (κ2) is 6.16. The van der Waals surface area contributed by atoms with E-state index in [0.717, 1.165) is 51.0 Å². The highest BCUT2D eigenvalue weighted by atomic mass is 32.2. The monoisotopic (exact) mass is 366 g/mol. The molecule has 1 aliphatic rings.